The summed E-state index contributed by atoms with van der Waals surface area (Å²) in [5, 5.41) is 2.69. The fourth-order valence-electron chi connectivity index (χ4n) is 3.62. The Morgan fingerprint density at radius 1 is 1.16 bits per heavy atom. The standard InChI is InChI=1S/C20H23ClN2O2/c1-22(2)11-5-6-15-13-17-16-7-3-4-8-19(16)24-20-10-9-14(21)12-18(20)23(17)25-15/h3-4,7-10,12,15,17H,5-6,11,13H2,1-2H3. The highest BCUT2D eigenvalue weighted by Gasteiger charge is 2.39. The van der Waals surface area contributed by atoms with Gasteiger partial charge in [-0.05, 0) is 57.7 Å². The van der Waals surface area contributed by atoms with Gasteiger partial charge in [-0.3, -0.25) is 4.84 Å². The number of hydrogen-bond acceptors (Lipinski definition) is 4. The van der Waals surface area contributed by atoms with Crippen LogP contribution < -0.4 is 9.80 Å². The zero-order valence-corrected chi connectivity index (χ0v) is 15.4. The van der Waals surface area contributed by atoms with Crippen LogP contribution in [0.25, 0.3) is 0 Å². The molecule has 2 aromatic carbocycles. The highest BCUT2D eigenvalue weighted by Crippen LogP contribution is 2.50. The Bertz CT molecular complexity index is 765. The average Bonchev–Trinajstić information content (AvgIpc) is 2.95. The van der Waals surface area contributed by atoms with E-state index in [0.717, 1.165) is 43.0 Å². The van der Waals surface area contributed by atoms with E-state index in [1.165, 1.54) is 5.56 Å². The van der Waals surface area contributed by atoms with Gasteiger partial charge in [-0.15, -0.1) is 0 Å². The van der Waals surface area contributed by atoms with Gasteiger partial charge >= 0.3 is 0 Å². The Morgan fingerprint density at radius 2 is 2.00 bits per heavy atom. The summed E-state index contributed by atoms with van der Waals surface area (Å²) in [6.45, 7) is 1.08. The smallest absolute Gasteiger partial charge is 0.153 e. The zero-order chi connectivity index (χ0) is 17.4. The van der Waals surface area contributed by atoms with Crippen molar-refractivity contribution >= 4 is 17.3 Å². The van der Waals surface area contributed by atoms with Crippen LogP contribution in [0.5, 0.6) is 11.5 Å². The van der Waals surface area contributed by atoms with Gasteiger partial charge in [0.2, 0.25) is 0 Å². The first-order valence-electron chi connectivity index (χ1n) is 8.79. The molecule has 0 radical (unpaired) electrons. The molecule has 1 saturated heterocycles. The SMILES string of the molecule is CN(C)CCCC1CC2c3ccccc3Oc3ccc(Cl)cc3N2O1. The minimum Gasteiger partial charge on any atom is -0.455 e. The molecule has 0 saturated carbocycles. The van der Waals surface area contributed by atoms with Crippen LogP contribution in [-0.2, 0) is 4.84 Å². The molecule has 132 valence electrons. The number of halogens is 1. The first-order valence-corrected chi connectivity index (χ1v) is 9.16. The molecular formula is C20H23ClN2O2. The van der Waals surface area contributed by atoms with E-state index in [-0.39, 0.29) is 12.1 Å². The third-order valence-corrected chi connectivity index (χ3v) is 5.05. The number of hydrogen-bond donors (Lipinski definition) is 0. The largest absolute Gasteiger partial charge is 0.455 e. The number of hydroxylamine groups is 1. The summed E-state index contributed by atoms with van der Waals surface area (Å²) in [4.78, 5) is 8.56. The summed E-state index contributed by atoms with van der Waals surface area (Å²) >= 11 is 6.24. The molecule has 25 heavy (non-hydrogen) atoms. The van der Waals surface area contributed by atoms with Crippen molar-refractivity contribution in [3.05, 3.63) is 53.1 Å². The first-order chi connectivity index (χ1) is 12.1. The van der Waals surface area contributed by atoms with Gasteiger partial charge in [-0.25, -0.2) is 5.06 Å². The molecule has 0 N–H and O–H groups in total. The number of anilines is 1. The highest BCUT2D eigenvalue weighted by molar-refractivity contribution is 6.30. The Labute approximate surface area is 153 Å². The fraction of sp³-hybridized carbons (Fsp3) is 0.400. The van der Waals surface area contributed by atoms with Crippen LogP contribution in [0.4, 0.5) is 5.69 Å². The van der Waals surface area contributed by atoms with E-state index in [1.54, 1.807) is 0 Å². The van der Waals surface area contributed by atoms with Gasteiger partial charge in [-0.2, -0.15) is 0 Å². The van der Waals surface area contributed by atoms with Crippen LogP contribution in [0, 0.1) is 0 Å². The van der Waals surface area contributed by atoms with Crippen LogP contribution in [0.15, 0.2) is 42.5 Å². The monoisotopic (exact) mass is 358 g/mol. The Balaban J connectivity index is 1.66. The molecule has 5 heteroatoms. The molecule has 2 aliphatic heterocycles. The lowest BCUT2D eigenvalue weighted by Gasteiger charge is -2.23. The summed E-state index contributed by atoms with van der Waals surface area (Å²) in [5.41, 5.74) is 2.08. The second kappa shape index (κ2) is 6.87. The molecule has 4 nitrogen and oxygen atoms in total. The highest BCUT2D eigenvalue weighted by atomic mass is 35.5. The van der Waals surface area contributed by atoms with Crippen LogP contribution in [0.1, 0.15) is 30.9 Å². The van der Waals surface area contributed by atoms with Crippen LogP contribution in [0.2, 0.25) is 5.02 Å². The van der Waals surface area contributed by atoms with Gasteiger partial charge in [0, 0.05) is 17.0 Å². The predicted octanol–water partition coefficient (Wildman–Crippen LogP) is 5.04. The van der Waals surface area contributed by atoms with Crippen molar-refractivity contribution in [2.45, 2.75) is 31.4 Å². The van der Waals surface area contributed by atoms with Crippen molar-refractivity contribution in [3.63, 3.8) is 0 Å². The molecule has 4 rings (SSSR count). The summed E-state index contributed by atoms with van der Waals surface area (Å²) < 4.78 is 6.15. The number of ether oxygens (including phenoxy) is 1. The molecule has 2 aromatic rings. The van der Waals surface area contributed by atoms with Crippen molar-refractivity contribution in [1.82, 2.24) is 4.90 Å². The fourth-order valence-corrected chi connectivity index (χ4v) is 3.79. The topological polar surface area (TPSA) is 24.9 Å². The van der Waals surface area contributed by atoms with Gasteiger partial charge in [0.25, 0.3) is 0 Å². The summed E-state index contributed by atoms with van der Waals surface area (Å²) in [6, 6.07) is 14.1. The van der Waals surface area contributed by atoms with E-state index in [9.17, 15) is 0 Å². The van der Waals surface area contributed by atoms with E-state index in [1.807, 2.05) is 35.4 Å². The van der Waals surface area contributed by atoms with Crippen LogP contribution >= 0.6 is 11.6 Å². The maximum Gasteiger partial charge on any atom is 0.153 e. The number of benzene rings is 2. The van der Waals surface area contributed by atoms with E-state index >= 15 is 0 Å². The maximum atomic E-state index is 6.34. The van der Waals surface area contributed by atoms with Gasteiger partial charge in [0.1, 0.15) is 11.4 Å². The van der Waals surface area contributed by atoms with E-state index < -0.39 is 0 Å². The van der Waals surface area contributed by atoms with E-state index in [0.29, 0.717) is 5.02 Å². The lowest BCUT2D eigenvalue weighted by atomic mass is 9.98. The predicted molar refractivity (Wildman–Crippen MR) is 100 cm³/mol. The normalized spacial score (nSPS) is 21.4. The Kier molecular flexibility index (Phi) is 4.59. The van der Waals surface area contributed by atoms with Gasteiger partial charge in [0.05, 0.1) is 12.1 Å². The van der Waals surface area contributed by atoms with Crippen molar-refractivity contribution in [2.75, 3.05) is 25.7 Å². The number of nitrogens with zero attached hydrogens (tertiary/aromatic N) is 2. The minimum absolute atomic E-state index is 0.153. The second-order valence-electron chi connectivity index (χ2n) is 7.00. The quantitative estimate of drug-likeness (QED) is 0.764. The average molecular weight is 359 g/mol. The first kappa shape index (κ1) is 16.7. The summed E-state index contributed by atoms with van der Waals surface area (Å²) in [7, 11) is 4.21. The van der Waals surface area contributed by atoms with Crippen LogP contribution in [-0.4, -0.2) is 31.6 Å². The van der Waals surface area contributed by atoms with Crippen molar-refractivity contribution in [2.24, 2.45) is 0 Å². The molecule has 0 aromatic heterocycles. The minimum atomic E-state index is 0.153. The van der Waals surface area contributed by atoms with Gasteiger partial charge < -0.3 is 9.64 Å². The van der Waals surface area contributed by atoms with E-state index in [2.05, 4.69) is 31.1 Å². The molecule has 0 aliphatic carbocycles. The maximum absolute atomic E-state index is 6.34. The van der Waals surface area contributed by atoms with E-state index in [4.69, 9.17) is 21.2 Å². The number of rotatable bonds is 4. The Morgan fingerprint density at radius 3 is 2.84 bits per heavy atom. The number of para-hydroxylation sites is 1. The number of fused-ring (bicyclic) bond motifs is 5. The van der Waals surface area contributed by atoms with Crippen molar-refractivity contribution in [3.8, 4) is 11.5 Å². The van der Waals surface area contributed by atoms with Gasteiger partial charge in [0.15, 0.2) is 5.75 Å². The van der Waals surface area contributed by atoms with Gasteiger partial charge in [-0.1, -0.05) is 29.8 Å². The van der Waals surface area contributed by atoms with Crippen LogP contribution in [0.3, 0.4) is 0 Å². The molecule has 0 amide bonds. The molecular weight excluding hydrogens is 336 g/mol. The molecule has 2 unspecified atom stereocenters. The summed E-state index contributed by atoms with van der Waals surface area (Å²) in [6.07, 6.45) is 3.34. The molecule has 1 fully saturated rings. The Hall–Kier alpha value is -1.75. The molecule has 2 aliphatic rings. The van der Waals surface area contributed by atoms with Crippen molar-refractivity contribution < 1.29 is 9.57 Å². The second-order valence-corrected chi connectivity index (χ2v) is 7.44. The third-order valence-electron chi connectivity index (χ3n) is 4.82. The zero-order valence-electron chi connectivity index (χ0n) is 14.6. The van der Waals surface area contributed by atoms with Crippen molar-refractivity contribution in [1.29, 1.82) is 0 Å². The molecule has 2 heterocycles. The lowest BCUT2D eigenvalue weighted by Crippen LogP contribution is -2.21. The molecule has 0 bridgehead atoms. The molecule has 2 atom stereocenters. The summed E-state index contributed by atoms with van der Waals surface area (Å²) in [5.74, 6) is 1.68. The lowest BCUT2D eigenvalue weighted by molar-refractivity contribution is 0.0749. The third kappa shape index (κ3) is 3.34. The molecule has 0 spiro atoms.